The number of nitrogens with zero attached hydrogens (tertiary/aromatic N) is 1. The fraction of sp³-hybridized carbons (Fsp3) is 0.429. The van der Waals surface area contributed by atoms with Crippen molar-refractivity contribution < 1.29 is 14.7 Å². The Labute approximate surface area is 126 Å². The molecule has 20 heavy (non-hydrogen) atoms. The Bertz CT molecular complexity index is 527. The van der Waals surface area contributed by atoms with Crippen LogP contribution in [-0.2, 0) is 4.79 Å². The van der Waals surface area contributed by atoms with E-state index in [9.17, 15) is 14.7 Å². The molecule has 0 saturated carbocycles. The second kappa shape index (κ2) is 6.03. The highest BCUT2D eigenvalue weighted by Gasteiger charge is 2.40. The van der Waals surface area contributed by atoms with Crippen molar-refractivity contribution in [1.29, 1.82) is 0 Å². The van der Waals surface area contributed by atoms with Gasteiger partial charge in [0.05, 0.1) is 17.7 Å². The van der Waals surface area contributed by atoms with E-state index in [0.29, 0.717) is 29.5 Å². The van der Waals surface area contributed by atoms with Crippen molar-refractivity contribution in [2.45, 2.75) is 18.9 Å². The molecule has 6 heteroatoms. The molecule has 2 amide bonds. The first-order chi connectivity index (χ1) is 9.43. The first-order valence-corrected chi connectivity index (χ1v) is 7.26. The number of hydrogen-bond donors (Lipinski definition) is 2. The van der Waals surface area contributed by atoms with Gasteiger partial charge < -0.3 is 5.11 Å². The van der Waals surface area contributed by atoms with Crippen molar-refractivity contribution in [3.63, 3.8) is 0 Å². The third kappa shape index (κ3) is 3.45. The van der Waals surface area contributed by atoms with E-state index in [0.717, 1.165) is 0 Å². The maximum absolute atomic E-state index is 11.9. The van der Waals surface area contributed by atoms with Gasteiger partial charge in [0.2, 0.25) is 5.91 Å². The van der Waals surface area contributed by atoms with Gasteiger partial charge in [0.15, 0.2) is 0 Å². The largest absolute Gasteiger partial charge is 0.387 e. The Hall–Kier alpha value is -1.24. The maximum Gasteiger partial charge on any atom is 0.259 e. The lowest BCUT2D eigenvalue weighted by molar-refractivity contribution is -0.132. The van der Waals surface area contributed by atoms with E-state index < -0.39 is 11.5 Å². The van der Waals surface area contributed by atoms with E-state index in [-0.39, 0.29) is 12.5 Å². The van der Waals surface area contributed by atoms with Gasteiger partial charge in [-0.1, -0.05) is 19.1 Å². The molecule has 0 unspecified atom stereocenters. The first kappa shape index (κ1) is 15.2. The van der Waals surface area contributed by atoms with E-state index in [4.69, 9.17) is 0 Å². The molecule has 0 radical (unpaired) electrons. The highest BCUT2D eigenvalue weighted by molar-refractivity contribution is 9.10. The predicted molar refractivity (Wildman–Crippen MR) is 78.3 cm³/mol. The van der Waals surface area contributed by atoms with Crippen LogP contribution >= 0.6 is 15.9 Å². The summed E-state index contributed by atoms with van der Waals surface area (Å²) in [6.07, 6.45) is 0.668. The molecular formula is C14H17BrN2O3. The summed E-state index contributed by atoms with van der Waals surface area (Å²) in [7, 11) is 0. The maximum atomic E-state index is 11.9. The minimum Gasteiger partial charge on any atom is -0.387 e. The summed E-state index contributed by atoms with van der Waals surface area (Å²) in [5.74, 6) is -0.780. The Morgan fingerprint density at radius 1 is 1.40 bits per heavy atom. The molecule has 0 aromatic heterocycles. The predicted octanol–water partition coefficient (Wildman–Crippen LogP) is 1.16. The van der Waals surface area contributed by atoms with Crippen LogP contribution < -0.4 is 5.32 Å². The van der Waals surface area contributed by atoms with Gasteiger partial charge in [0.1, 0.15) is 0 Å². The number of amides is 2. The number of halogens is 1. The van der Waals surface area contributed by atoms with Gasteiger partial charge in [-0.3, -0.25) is 19.8 Å². The monoisotopic (exact) mass is 340 g/mol. The van der Waals surface area contributed by atoms with Crippen molar-refractivity contribution in [2.24, 2.45) is 0 Å². The number of hydrogen-bond acceptors (Lipinski definition) is 4. The first-order valence-electron chi connectivity index (χ1n) is 6.47. The molecule has 0 bridgehead atoms. The zero-order valence-electron chi connectivity index (χ0n) is 11.2. The van der Waals surface area contributed by atoms with Crippen LogP contribution in [0.25, 0.3) is 0 Å². The molecule has 0 spiro atoms. The van der Waals surface area contributed by atoms with Crippen LogP contribution in [0.15, 0.2) is 28.7 Å². The number of nitrogens with one attached hydrogen (secondary N) is 1. The van der Waals surface area contributed by atoms with Crippen LogP contribution in [0, 0.1) is 0 Å². The number of aliphatic hydroxyl groups is 1. The Morgan fingerprint density at radius 2 is 2.05 bits per heavy atom. The molecule has 1 aliphatic rings. The van der Waals surface area contributed by atoms with E-state index in [1.54, 1.807) is 24.3 Å². The summed E-state index contributed by atoms with van der Waals surface area (Å²) >= 11 is 3.27. The highest BCUT2D eigenvalue weighted by atomic mass is 79.9. The van der Waals surface area contributed by atoms with Gasteiger partial charge in [0, 0.05) is 17.6 Å². The third-order valence-electron chi connectivity index (χ3n) is 3.43. The standard InChI is InChI=1S/C14H17BrN2O3/c1-2-14(20)8-17(9-14)7-12(18)16-13(19)10-5-3-4-6-11(10)15/h3-6,20H,2,7-9H2,1H3,(H,16,18,19). The molecule has 0 atom stereocenters. The van der Waals surface area contributed by atoms with Gasteiger partial charge in [-0.2, -0.15) is 0 Å². The van der Waals surface area contributed by atoms with Crippen LogP contribution in [-0.4, -0.2) is 47.1 Å². The number of rotatable bonds is 4. The number of carbonyl (C=O) groups is 2. The smallest absolute Gasteiger partial charge is 0.259 e. The van der Waals surface area contributed by atoms with Crippen molar-refractivity contribution in [2.75, 3.05) is 19.6 Å². The van der Waals surface area contributed by atoms with Crippen molar-refractivity contribution in [3.05, 3.63) is 34.3 Å². The zero-order valence-corrected chi connectivity index (χ0v) is 12.8. The average molecular weight is 341 g/mol. The lowest BCUT2D eigenvalue weighted by Crippen LogP contribution is -2.63. The molecule has 1 fully saturated rings. The van der Waals surface area contributed by atoms with Crippen molar-refractivity contribution in [3.8, 4) is 0 Å². The van der Waals surface area contributed by atoms with Gasteiger partial charge in [-0.25, -0.2) is 0 Å². The van der Waals surface area contributed by atoms with Crippen LogP contribution in [0.5, 0.6) is 0 Å². The van der Waals surface area contributed by atoms with E-state index >= 15 is 0 Å². The molecule has 108 valence electrons. The van der Waals surface area contributed by atoms with Crippen LogP contribution in [0.4, 0.5) is 0 Å². The minimum absolute atomic E-state index is 0.124. The second-order valence-corrected chi connectivity index (χ2v) is 5.93. The van der Waals surface area contributed by atoms with E-state index in [1.165, 1.54) is 0 Å². The number of carbonyl (C=O) groups excluding carboxylic acids is 2. The fourth-order valence-corrected chi connectivity index (χ4v) is 2.67. The second-order valence-electron chi connectivity index (χ2n) is 5.08. The fourth-order valence-electron chi connectivity index (χ4n) is 2.20. The van der Waals surface area contributed by atoms with Crippen molar-refractivity contribution in [1.82, 2.24) is 10.2 Å². The van der Waals surface area contributed by atoms with E-state index in [1.807, 2.05) is 11.8 Å². The molecule has 1 aliphatic heterocycles. The number of benzene rings is 1. The lowest BCUT2D eigenvalue weighted by Gasteiger charge is -2.45. The summed E-state index contributed by atoms with van der Waals surface area (Å²) in [4.78, 5) is 25.5. The van der Waals surface area contributed by atoms with Gasteiger partial charge in [0.25, 0.3) is 5.91 Å². The molecule has 0 aliphatic carbocycles. The SMILES string of the molecule is CCC1(O)CN(CC(=O)NC(=O)c2ccccc2Br)C1. The Balaban J connectivity index is 1.84. The molecule has 1 aromatic rings. The topological polar surface area (TPSA) is 69.6 Å². The van der Waals surface area contributed by atoms with Crippen LogP contribution in [0.2, 0.25) is 0 Å². The summed E-state index contributed by atoms with van der Waals surface area (Å²) in [5.41, 5.74) is -0.248. The summed E-state index contributed by atoms with van der Waals surface area (Å²) in [5, 5.41) is 12.2. The summed E-state index contributed by atoms with van der Waals surface area (Å²) in [6.45, 7) is 2.98. The molecule has 1 saturated heterocycles. The normalized spacial score (nSPS) is 17.4. The average Bonchev–Trinajstić information content (AvgIpc) is 2.37. The summed E-state index contributed by atoms with van der Waals surface area (Å²) in [6, 6.07) is 6.93. The summed E-state index contributed by atoms with van der Waals surface area (Å²) < 4.78 is 0.648. The molecule has 5 nitrogen and oxygen atoms in total. The third-order valence-corrected chi connectivity index (χ3v) is 4.12. The Morgan fingerprint density at radius 3 is 2.65 bits per heavy atom. The quantitative estimate of drug-likeness (QED) is 0.862. The Kier molecular flexibility index (Phi) is 4.57. The number of likely N-dealkylation sites (tertiary alicyclic amines) is 1. The molecule has 1 heterocycles. The molecule has 2 rings (SSSR count). The minimum atomic E-state index is -0.674. The van der Waals surface area contributed by atoms with Gasteiger partial charge >= 0.3 is 0 Å². The zero-order chi connectivity index (χ0) is 14.8. The molecule has 1 aromatic carbocycles. The van der Waals surface area contributed by atoms with Gasteiger partial charge in [-0.15, -0.1) is 0 Å². The molecular weight excluding hydrogens is 324 g/mol. The highest BCUT2D eigenvalue weighted by Crippen LogP contribution is 2.23. The van der Waals surface area contributed by atoms with Crippen molar-refractivity contribution >= 4 is 27.7 Å². The number of β-amino-alcohol motifs (C(OH)–C–C–N with tert-alkyl or cyclic N) is 1. The number of imide groups is 1. The lowest BCUT2D eigenvalue weighted by atomic mass is 9.91. The van der Waals surface area contributed by atoms with E-state index in [2.05, 4.69) is 21.2 Å². The molecule has 2 N–H and O–H groups in total. The van der Waals surface area contributed by atoms with Crippen LogP contribution in [0.1, 0.15) is 23.7 Å². The van der Waals surface area contributed by atoms with Crippen LogP contribution in [0.3, 0.4) is 0 Å². The van der Waals surface area contributed by atoms with Gasteiger partial charge in [-0.05, 0) is 34.5 Å².